The fraction of sp³-hybridized carbons (Fsp3) is 0.258. The maximum absolute atomic E-state index is 14.0. The van der Waals surface area contributed by atoms with Crippen molar-refractivity contribution in [3.05, 3.63) is 100 Å². The van der Waals surface area contributed by atoms with Gasteiger partial charge in [-0.3, -0.25) is 9.59 Å². The van der Waals surface area contributed by atoms with E-state index in [4.69, 9.17) is 18.9 Å². The van der Waals surface area contributed by atoms with Crippen molar-refractivity contribution in [2.24, 2.45) is 0 Å². The summed E-state index contributed by atoms with van der Waals surface area (Å²) in [4.78, 5) is 41.8. The van der Waals surface area contributed by atoms with Gasteiger partial charge in [-0.2, -0.15) is 0 Å². The highest BCUT2D eigenvalue weighted by molar-refractivity contribution is 6.15. The van der Waals surface area contributed by atoms with E-state index in [-0.39, 0.29) is 12.2 Å². The van der Waals surface area contributed by atoms with E-state index in [9.17, 15) is 14.4 Å². The number of nitrogens with zero attached hydrogens (tertiary/aromatic N) is 1. The number of cyclic esters (lactones) is 1. The number of hydrogen-bond donors (Lipinski definition) is 0. The Bertz CT molecular complexity index is 1420. The second-order valence-electron chi connectivity index (χ2n) is 9.48. The summed E-state index contributed by atoms with van der Waals surface area (Å²) in [6, 6.07) is 19.7. The second kappa shape index (κ2) is 11.0. The third kappa shape index (κ3) is 5.23. The number of rotatable bonds is 9. The number of amides is 2. The van der Waals surface area contributed by atoms with Gasteiger partial charge in [-0.15, -0.1) is 0 Å². The Balaban J connectivity index is 1.50. The number of allylic oxidation sites excluding steroid dienone is 1. The smallest absolute Gasteiger partial charge is 0.417 e. The van der Waals surface area contributed by atoms with Gasteiger partial charge < -0.3 is 18.9 Å². The fourth-order valence-electron chi connectivity index (χ4n) is 4.96. The number of fused-ring (bicyclic) bond motifs is 1. The highest BCUT2D eigenvalue weighted by Gasteiger charge is 2.45. The zero-order valence-electron chi connectivity index (χ0n) is 22.0. The Hall–Kier alpha value is -4.59. The van der Waals surface area contributed by atoms with Gasteiger partial charge in [0.05, 0.1) is 20.3 Å². The van der Waals surface area contributed by atoms with Crippen molar-refractivity contribution >= 4 is 23.9 Å². The summed E-state index contributed by atoms with van der Waals surface area (Å²) in [5.74, 6) is -0.0793. The molecular formula is C31H29NO7. The van der Waals surface area contributed by atoms with Crippen LogP contribution >= 0.6 is 0 Å². The normalized spacial score (nSPS) is 16.7. The van der Waals surface area contributed by atoms with E-state index >= 15 is 0 Å². The van der Waals surface area contributed by atoms with Gasteiger partial charge in [-0.05, 0) is 48.2 Å². The SMILES string of the molecule is COc1cc(C(=O)C(OC2=Cc3ccccc3C2)C(=O)N2C(=O)OC[C@H]2Cc2ccccc2)cc(OC)c1C. The molecule has 0 aromatic heterocycles. The Kier molecular flexibility index (Phi) is 7.36. The van der Waals surface area contributed by atoms with Gasteiger partial charge in [-0.1, -0.05) is 54.6 Å². The molecule has 3 aromatic carbocycles. The number of methoxy groups -OCH3 is 2. The first kappa shape index (κ1) is 26.0. The summed E-state index contributed by atoms with van der Waals surface area (Å²) >= 11 is 0. The lowest BCUT2D eigenvalue weighted by Crippen LogP contribution is -2.49. The van der Waals surface area contributed by atoms with Gasteiger partial charge in [0.1, 0.15) is 23.9 Å². The molecule has 0 bridgehead atoms. The molecule has 0 saturated carbocycles. The minimum Gasteiger partial charge on any atom is -0.496 e. The molecule has 1 aliphatic carbocycles. The molecule has 1 aliphatic heterocycles. The van der Waals surface area contributed by atoms with Crippen LogP contribution in [0.25, 0.3) is 6.08 Å². The minimum absolute atomic E-state index is 0.0285. The van der Waals surface area contributed by atoms with Crippen molar-refractivity contribution in [1.82, 2.24) is 4.90 Å². The lowest BCUT2D eigenvalue weighted by atomic mass is 10.0. The first-order valence-corrected chi connectivity index (χ1v) is 12.6. The maximum Gasteiger partial charge on any atom is 0.417 e. The van der Waals surface area contributed by atoms with Crippen LogP contribution in [-0.4, -0.2) is 55.7 Å². The quantitative estimate of drug-likeness (QED) is 0.293. The topological polar surface area (TPSA) is 91.4 Å². The molecule has 1 heterocycles. The van der Waals surface area contributed by atoms with Gasteiger partial charge in [0.2, 0.25) is 11.9 Å². The van der Waals surface area contributed by atoms with Gasteiger partial charge in [-0.25, -0.2) is 9.69 Å². The Morgan fingerprint density at radius 3 is 2.33 bits per heavy atom. The van der Waals surface area contributed by atoms with Crippen LogP contribution in [0.4, 0.5) is 4.79 Å². The van der Waals surface area contributed by atoms with Gasteiger partial charge in [0.15, 0.2) is 0 Å². The molecule has 2 atom stereocenters. The summed E-state index contributed by atoms with van der Waals surface area (Å²) in [6.07, 6.45) is 0.199. The molecule has 1 unspecified atom stereocenters. The van der Waals surface area contributed by atoms with Gasteiger partial charge in [0.25, 0.3) is 5.91 Å². The largest absolute Gasteiger partial charge is 0.496 e. The number of imide groups is 1. The summed E-state index contributed by atoms with van der Waals surface area (Å²) in [7, 11) is 2.98. The number of benzene rings is 3. The van der Waals surface area contributed by atoms with Crippen LogP contribution in [-0.2, 0) is 27.1 Å². The molecule has 39 heavy (non-hydrogen) atoms. The summed E-state index contributed by atoms with van der Waals surface area (Å²) in [6.45, 7) is 1.83. The van der Waals surface area contributed by atoms with Crippen molar-refractivity contribution in [3.8, 4) is 11.5 Å². The van der Waals surface area contributed by atoms with Gasteiger partial charge >= 0.3 is 6.09 Å². The van der Waals surface area contributed by atoms with Crippen LogP contribution in [0, 0.1) is 6.92 Å². The summed E-state index contributed by atoms with van der Waals surface area (Å²) < 4.78 is 22.3. The van der Waals surface area contributed by atoms with Crippen LogP contribution in [0.15, 0.2) is 72.5 Å². The number of ether oxygens (including phenoxy) is 4. The Morgan fingerprint density at radius 1 is 1.00 bits per heavy atom. The van der Waals surface area contributed by atoms with E-state index in [0.29, 0.717) is 35.7 Å². The summed E-state index contributed by atoms with van der Waals surface area (Å²) in [5, 5.41) is 0. The molecule has 1 fully saturated rings. The first-order chi connectivity index (χ1) is 18.9. The Morgan fingerprint density at radius 2 is 1.67 bits per heavy atom. The standard InChI is InChI=1S/C31H29NO7/c1-19-26(36-2)16-23(17-27(19)37-3)28(33)29(39-25-14-21-11-7-8-12-22(21)15-25)30(34)32-24(18-38-31(32)35)13-20-9-5-4-6-10-20/h4-12,14,16-17,24,29H,13,15,18H2,1-3H3/t24-,29?/m1/s1. The molecule has 1 saturated heterocycles. The molecule has 0 radical (unpaired) electrons. The highest BCUT2D eigenvalue weighted by atomic mass is 16.6. The molecule has 8 heteroatoms. The van der Waals surface area contributed by atoms with E-state index in [1.54, 1.807) is 19.1 Å². The van der Waals surface area contributed by atoms with E-state index in [1.165, 1.54) is 14.2 Å². The van der Waals surface area contributed by atoms with Crippen molar-refractivity contribution in [1.29, 1.82) is 0 Å². The lowest BCUT2D eigenvalue weighted by molar-refractivity contribution is -0.136. The van der Waals surface area contributed by atoms with Crippen LogP contribution in [0.1, 0.15) is 32.6 Å². The van der Waals surface area contributed by atoms with Crippen molar-refractivity contribution in [3.63, 3.8) is 0 Å². The molecule has 200 valence electrons. The summed E-state index contributed by atoms with van der Waals surface area (Å²) in [5.41, 5.74) is 3.78. The molecule has 0 spiro atoms. The molecule has 0 N–H and O–H groups in total. The molecule has 2 aliphatic rings. The number of carbonyl (C=O) groups is 3. The third-order valence-electron chi connectivity index (χ3n) is 7.02. The monoisotopic (exact) mass is 527 g/mol. The number of ketones is 1. The van der Waals surface area contributed by atoms with Crippen molar-refractivity contribution in [2.75, 3.05) is 20.8 Å². The van der Waals surface area contributed by atoms with Crippen molar-refractivity contribution < 1.29 is 33.3 Å². The zero-order chi connectivity index (χ0) is 27.5. The van der Waals surface area contributed by atoms with Crippen LogP contribution < -0.4 is 9.47 Å². The van der Waals surface area contributed by atoms with E-state index < -0.39 is 29.9 Å². The Labute approximate surface area is 226 Å². The van der Waals surface area contributed by atoms with E-state index in [0.717, 1.165) is 21.6 Å². The molecular weight excluding hydrogens is 498 g/mol. The fourth-order valence-corrected chi connectivity index (χ4v) is 4.96. The maximum atomic E-state index is 14.0. The zero-order valence-corrected chi connectivity index (χ0v) is 22.0. The van der Waals surface area contributed by atoms with Gasteiger partial charge in [0, 0.05) is 17.5 Å². The molecule has 2 amide bonds. The van der Waals surface area contributed by atoms with E-state index in [2.05, 4.69) is 0 Å². The number of Topliss-reactive ketones (excluding diaryl/α,β-unsaturated/α-hetero) is 1. The molecule has 5 rings (SSSR count). The van der Waals surface area contributed by atoms with E-state index in [1.807, 2.05) is 60.7 Å². The highest BCUT2D eigenvalue weighted by Crippen LogP contribution is 2.32. The molecule has 8 nitrogen and oxygen atoms in total. The molecule has 3 aromatic rings. The predicted octanol–water partition coefficient (Wildman–Crippen LogP) is 4.77. The average molecular weight is 528 g/mol. The second-order valence-corrected chi connectivity index (χ2v) is 9.48. The van der Waals surface area contributed by atoms with Crippen LogP contribution in [0.2, 0.25) is 0 Å². The average Bonchev–Trinajstić information content (AvgIpc) is 3.54. The third-order valence-corrected chi connectivity index (χ3v) is 7.02. The van der Waals surface area contributed by atoms with Crippen LogP contribution in [0.5, 0.6) is 11.5 Å². The van der Waals surface area contributed by atoms with Crippen LogP contribution in [0.3, 0.4) is 0 Å². The first-order valence-electron chi connectivity index (χ1n) is 12.6. The van der Waals surface area contributed by atoms with Crippen molar-refractivity contribution in [2.45, 2.75) is 31.9 Å². The lowest BCUT2D eigenvalue weighted by Gasteiger charge is -2.25. The number of carbonyl (C=O) groups excluding carboxylic acids is 3. The predicted molar refractivity (Wildman–Crippen MR) is 144 cm³/mol. The minimum atomic E-state index is -1.62. The number of hydrogen-bond acceptors (Lipinski definition) is 7.